The third-order valence-corrected chi connectivity index (χ3v) is 3.46. The molecule has 0 N–H and O–H groups in total. The van der Waals surface area contributed by atoms with Gasteiger partial charge in [-0.15, -0.1) is 0 Å². The molecule has 0 spiro atoms. The Morgan fingerprint density at radius 1 is 1.31 bits per heavy atom. The monoisotopic (exact) mass is 216 g/mol. The molecule has 1 fully saturated rings. The summed E-state index contributed by atoms with van der Waals surface area (Å²) < 4.78 is 5.81. The first-order valence-corrected chi connectivity index (χ1v) is 6.10. The van der Waals surface area contributed by atoms with Crippen molar-refractivity contribution in [3.63, 3.8) is 0 Å². The van der Waals surface area contributed by atoms with Gasteiger partial charge in [0.05, 0.1) is 0 Å². The molecule has 0 bridgehead atoms. The van der Waals surface area contributed by atoms with E-state index in [9.17, 15) is 4.79 Å². The molecule has 3 rings (SSSR count). The number of hydrogen-bond donors (Lipinski definition) is 0. The van der Waals surface area contributed by atoms with Crippen LogP contribution in [0, 0.1) is 5.92 Å². The van der Waals surface area contributed by atoms with Crippen molar-refractivity contribution in [1.82, 2.24) is 0 Å². The molecule has 2 heteroatoms. The van der Waals surface area contributed by atoms with E-state index >= 15 is 0 Å². The van der Waals surface area contributed by atoms with Crippen molar-refractivity contribution in [2.75, 3.05) is 0 Å². The minimum absolute atomic E-state index is 0.222. The summed E-state index contributed by atoms with van der Waals surface area (Å²) in [5, 5.41) is 0. The van der Waals surface area contributed by atoms with Crippen molar-refractivity contribution in [3.8, 4) is 5.75 Å². The van der Waals surface area contributed by atoms with Gasteiger partial charge in [-0.1, -0.05) is 18.2 Å². The molecule has 16 heavy (non-hydrogen) atoms. The number of carbonyl (C=O) groups excluding carboxylic acids is 1. The quantitative estimate of drug-likeness (QED) is 0.773. The van der Waals surface area contributed by atoms with Crippen molar-refractivity contribution in [2.45, 2.75) is 38.2 Å². The SMILES string of the molecule is O=C(CCC1Cc2ccccc2O1)C1CC1. The lowest BCUT2D eigenvalue weighted by molar-refractivity contribution is -0.120. The molecule has 1 atom stereocenters. The molecular formula is C14H16O2. The first-order chi connectivity index (χ1) is 7.83. The van der Waals surface area contributed by atoms with E-state index in [1.54, 1.807) is 0 Å². The minimum atomic E-state index is 0.222. The standard InChI is InChI=1S/C14H16O2/c15-13(10-5-6-10)8-7-12-9-11-3-1-2-4-14(11)16-12/h1-4,10,12H,5-9H2. The first-order valence-electron chi connectivity index (χ1n) is 6.10. The molecule has 0 aromatic heterocycles. The Kier molecular flexibility index (Phi) is 2.43. The Morgan fingerprint density at radius 3 is 2.88 bits per heavy atom. The van der Waals surface area contributed by atoms with Gasteiger partial charge >= 0.3 is 0 Å². The summed E-state index contributed by atoms with van der Waals surface area (Å²) in [4.78, 5) is 11.6. The van der Waals surface area contributed by atoms with Gasteiger partial charge in [0.2, 0.25) is 0 Å². The van der Waals surface area contributed by atoms with Gasteiger partial charge in [0, 0.05) is 18.8 Å². The highest BCUT2D eigenvalue weighted by Gasteiger charge is 2.30. The van der Waals surface area contributed by atoms with E-state index in [0.29, 0.717) is 18.1 Å². The molecule has 2 aliphatic rings. The van der Waals surface area contributed by atoms with E-state index in [0.717, 1.165) is 31.4 Å². The summed E-state index contributed by atoms with van der Waals surface area (Å²) in [5.74, 6) is 1.84. The highest BCUT2D eigenvalue weighted by molar-refractivity contribution is 5.83. The van der Waals surface area contributed by atoms with Gasteiger partial charge in [0.25, 0.3) is 0 Å². The number of fused-ring (bicyclic) bond motifs is 1. The molecule has 1 unspecified atom stereocenters. The molecule has 1 aromatic rings. The predicted molar refractivity (Wildman–Crippen MR) is 61.5 cm³/mol. The van der Waals surface area contributed by atoms with Crippen LogP contribution in [0.5, 0.6) is 5.75 Å². The highest BCUT2D eigenvalue weighted by atomic mass is 16.5. The fourth-order valence-electron chi connectivity index (χ4n) is 2.33. The zero-order chi connectivity index (χ0) is 11.0. The minimum Gasteiger partial charge on any atom is -0.490 e. The zero-order valence-corrected chi connectivity index (χ0v) is 9.32. The third-order valence-electron chi connectivity index (χ3n) is 3.46. The summed E-state index contributed by atoms with van der Waals surface area (Å²) in [6, 6.07) is 8.16. The van der Waals surface area contributed by atoms with Crippen molar-refractivity contribution in [1.29, 1.82) is 0 Å². The fourth-order valence-corrected chi connectivity index (χ4v) is 2.33. The second-order valence-electron chi connectivity index (χ2n) is 4.83. The topological polar surface area (TPSA) is 26.3 Å². The maximum absolute atomic E-state index is 11.6. The van der Waals surface area contributed by atoms with Crippen LogP contribution in [0.4, 0.5) is 0 Å². The number of hydrogen-bond acceptors (Lipinski definition) is 2. The van der Waals surface area contributed by atoms with Crippen LogP contribution in [-0.2, 0) is 11.2 Å². The average Bonchev–Trinajstić information content (AvgIpc) is 3.06. The predicted octanol–water partition coefficient (Wildman–Crippen LogP) is 2.75. The van der Waals surface area contributed by atoms with Gasteiger partial charge in [0.15, 0.2) is 0 Å². The number of para-hydroxylation sites is 1. The van der Waals surface area contributed by atoms with Crippen molar-refractivity contribution in [3.05, 3.63) is 29.8 Å². The average molecular weight is 216 g/mol. The van der Waals surface area contributed by atoms with Gasteiger partial charge in [-0.05, 0) is 30.9 Å². The van der Waals surface area contributed by atoms with Gasteiger partial charge in [-0.25, -0.2) is 0 Å². The zero-order valence-electron chi connectivity index (χ0n) is 9.32. The number of carbonyl (C=O) groups is 1. The second kappa shape index (κ2) is 3.93. The van der Waals surface area contributed by atoms with Gasteiger partial charge in [-0.2, -0.15) is 0 Å². The lowest BCUT2D eigenvalue weighted by Gasteiger charge is -2.09. The molecule has 0 saturated heterocycles. The lowest BCUT2D eigenvalue weighted by atomic mass is 10.0. The summed E-state index contributed by atoms with van der Waals surface area (Å²) in [5.41, 5.74) is 1.28. The fraction of sp³-hybridized carbons (Fsp3) is 0.500. The Hall–Kier alpha value is -1.31. The molecule has 1 aliphatic carbocycles. The largest absolute Gasteiger partial charge is 0.490 e. The smallest absolute Gasteiger partial charge is 0.136 e. The number of rotatable bonds is 4. The van der Waals surface area contributed by atoms with Crippen LogP contribution >= 0.6 is 0 Å². The van der Waals surface area contributed by atoms with Crippen LogP contribution in [0.1, 0.15) is 31.2 Å². The van der Waals surface area contributed by atoms with E-state index in [4.69, 9.17) is 4.74 Å². The first kappa shape index (κ1) is 9.88. The number of ether oxygens (including phenoxy) is 1. The summed E-state index contributed by atoms with van der Waals surface area (Å²) in [6.45, 7) is 0. The van der Waals surface area contributed by atoms with Crippen molar-refractivity contribution < 1.29 is 9.53 Å². The maximum atomic E-state index is 11.6. The Labute approximate surface area is 95.6 Å². The normalized spacial score (nSPS) is 22.6. The van der Waals surface area contributed by atoms with E-state index in [1.165, 1.54) is 5.56 Å². The molecule has 84 valence electrons. The lowest BCUT2D eigenvalue weighted by Crippen LogP contribution is -2.15. The summed E-state index contributed by atoms with van der Waals surface area (Å²) in [7, 11) is 0. The third kappa shape index (κ3) is 1.97. The molecule has 1 saturated carbocycles. The van der Waals surface area contributed by atoms with Crippen LogP contribution in [0.2, 0.25) is 0 Å². The molecule has 1 heterocycles. The van der Waals surface area contributed by atoms with Crippen LogP contribution in [0.15, 0.2) is 24.3 Å². The van der Waals surface area contributed by atoms with Crippen LogP contribution < -0.4 is 4.74 Å². The van der Waals surface area contributed by atoms with E-state index < -0.39 is 0 Å². The molecule has 1 aliphatic heterocycles. The molecule has 1 aromatic carbocycles. The second-order valence-corrected chi connectivity index (χ2v) is 4.83. The number of ketones is 1. The van der Waals surface area contributed by atoms with E-state index in [-0.39, 0.29) is 6.10 Å². The van der Waals surface area contributed by atoms with Crippen LogP contribution in [-0.4, -0.2) is 11.9 Å². The molecule has 0 radical (unpaired) electrons. The van der Waals surface area contributed by atoms with E-state index in [1.807, 2.05) is 18.2 Å². The van der Waals surface area contributed by atoms with Crippen molar-refractivity contribution >= 4 is 5.78 Å². The van der Waals surface area contributed by atoms with Gasteiger partial charge < -0.3 is 4.74 Å². The number of benzene rings is 1. The molecule has 0 amide bonds. The highest BCUT2D eigenvalue weighted by Crippen LogP contribution is 2.33. The van der Waals surface area contributed by atoms with Crippen molar-refractivity contribution in [2.24, 2.45) is 5.92 Å². The molecule has 2 nitrogen and oxygen atoms in total. The Bertz CT molecular complexity index is 382. The van der Waals surface area contributed by atoms with Crippen LogP contribution in [0.3, 0.4) is 0 Å². The van der Waals surface area contributed by atoms with Gasteiger partial charge in [0.1, 0.15) is 17.6 Å². The number of Topliss-reactive ketones (excluding diaryl/α,β-unsaturated/α-hetero) is 1. The Morgan fingerprint density at radius 2 is 2.12 bits per heavy atom. The van der Waals surface area contributed by atoms with E-state index in [2.05, 4.69) is 6.07 Å². The Balaban J connectivity index is 1.53. The maximum Gasteiger partial charge on any atom is 0.136 e. The van der Waals surface area contributed by atoms with Crippen LogP contribution in [0.25, 0.3) is 0 Å². The van der Waals surface area contributed by atoms with Gasteiger partial charge in [-0.3, -0.25) is 4.79 Å². The summed E-state index contributed by atoms with van der Waals surface area (Å²) in [6.07, 6.45) is 5.00. The molecular weight excluding hydrogens is 200 g/mol. The summed E-state index contributed by atoms with van der Waals surface area (Å²) >= 11 is 0.